The maximum atomic E-state index is 12.8. The van der Waals surface area contributed by atoms with Crippen LogP contribution in [0.15, 0.2) is 24.3 Å². The molecule has 0 bridgehead atoms. The highest BCUT2D eigenvalue weighted by Gasteiger charge is 2.43. The Bertz CT molecular complexity index is 608. The largest absolute Gasteiger partial charge is 0.352 e. The second-order valence-electron chi connectivity index (χ2n) is 6.44. The normalized spacial score (nSPS) is 21.8. The van der Waals surface area contributed by atoms with Gasteiger partial charge in [-0.2, -0.15) is 0 Å². The zero-order valence-electron chi connectivity index (χ0n) is 14.6. The van der Waals surface area contributed by atoms with Crippen LogP contribution >= 0.6 is 23.4 Å². The molecule has 24 heavy (non-hydrogen) atoms. The zero-order valence-corrected chi connectivity index (χ0v) is 16.2. The van der Waals surface area contributed by atoms with Crippen LogP contribution in [0, 0.1) is 5.92 Å². The number of carbonyl (C=O) groups is 2. The van der Waals surface area contributed by atoms with E-state index in [0.29, 0.717) is 10.8 Å². The lowest BCUT2D eigenvalue weighted by atomic mass is 10.1. The second kappa shape index (κ2) is 8.26. The average Bonchev–Trinajstić information content (AvgIpc) is 2.98. The summed E-state index contributed by atoms with van der Waals surface area (Å²) in [5, 5.41) is 3.41. The summed E-state index contributed by atoms with van der Waals surface area (Å²) in [5.41, 5.74) is 0.886. The van der Waals surface area contributed by atoms with E-state index in [2.05, 4.69) is 5.32 Å². The van der Waals surface area contributed by atoms with E-state index in [4.69, 9.17) is 11.6 Å². The van der Waals surface area contributed by atoms with Crippen molar-refractivity contribution in [3.05, 3.63) is 34.9 Å². The summed E-state index contributed by atoms with van der Waals surface area (Å²) in [6, 6.07) is 7.16. The summed E-state index contributed by atoms with van der Waals surface area (Å²) >= 11 is 7.93. The first-order valence-electron chi connectivity index (χ1n) is 8.35. The third-order valence-corrected chi connectivity index (χ3v) is 5.87. The number of hydrogen-bond donors (Lipinski definition) is 1. The van der Waals surface area contributed by atoms with Crippen LogP contribution in [-0.4, -0.2) is 34.6 Å². The fourth-order valence-electron chi connectivity index (χ4n) is 2.63. The fraction of sp³-hybridized carbons (Fsp3) is 0.556. The van der Waals surface area contributed by atoms with Gasteiger partial charge in [0.1, 0.15) is 11.4 Å². The van der Waals surface area contributed by atoms with Crippen LogP contribution in [0.5, 0.6) is 0 Å². The molecule has 1 aliphatic rings. The topological polar surface area (TPSA) is 49.4 Å². The van der Waals surface area contributed by atoms with Gasteiger partial charge in [0.05, 0.1) is 0 Å². The molecule has 132 valence electrons. The molecule has 6 heteroatoms. The third-order valence-electron chi connectivity index (χ3n) is 4.22. The van der Waals surface area contributed by atoms with Gasteiger partial charge in [-0.25, -0.2) is 0 Å². The number of halogens is 1. The summed E-state index contributed by atoms with van der Waals surface area (Å²) in [7, 11) is 0. The van der Waals surface area contributed by atoms with Crippen molar-refractivity contribution in [1.29, 1.82) is 0 Å². The highest BCUT2D eigenvalue weighted by molar-refractivity contribution is 7.99. The lowest BCUT2D eigenvalue weighted by molar-refractivity contribution is -0.142. The molecule has 1 aromatic rings. The maximum Gasteiger partial charge on any atom is 0.243 e. The first kappa shape index (κ1) is 19.1. The van der Waals surface area contributed by atoms with Crippen LogP contribution in [0.4, 0.5) is 0 Å². The Morgan fingerprint density at radius 2 is 2.00 bits per heavy atom. The molecule has 4 nitrogen and oxygen atoms in total. The highest BCUT2D eigenvalue weighted by Crippen LogP contribution is 2.44. The first-order valence-corrected chi connectivity index (χ1v) is 9.78. The zero-order chi connectivity index (χ0) is 17.9. The SMILES string of the molecule is CC[C@H](C)NC(=O)[C@@H]1CS[C@H](c2ccccc2Cl)N1C(=O)C(C)C. The summed E-state index contributed by atoms with van der Waals surface area (Å²) in [6.07, 6.45) is 0.859. The Morgan fingerprint density at radius 1 is 1.33 bits per heavy atom. The van der Waals surface area contributed by atoms with Crippen LogP contribution in [0.2, 0.25) is 5.02 Å². The Labute approximate surface area is 153 Å². The summed E-state index contributed by atoms with van der Waals surface area (Å²) in [4.78, 5) is 27.2. The number of hydrogen-bond acceptors (Lipinski definition) is 3. The molecule has 0 radical (unpaired) electrons. The summed E-state index contributed by atoms with van der Waals surface area (Å²) < 4.78 is 0. The number of thioether (sulfide) groups is 1. The van der Waals surface area contributed by atoms with E-state index >= 15 is 0 Å². The summed E-state index contributed by atoms with van der Waals surface area (Å²) in [5.74, 6) is 0.304. The third kappa shape index (κ3) is 4.06. The van der Waals surface area contributed by atoms with Gasteiger partial charge in [-0.15, -0.1) is 11.8 Å². The smallest absolute Gasteiger partial charge is 0.243 e. The molecular formula is C18H25ClN2O2S. The number of carbonyl (C=O) groups excluding carboxylic acids is 2. The molecule has 0 spiro atoms. The predicted octanol–water partition coefficient (Wildman–Crippen LogP) is 3.85. The van der Waals surface area contributed by atoms with E-state index < -0.39 is 6.04 Å². The number of nitrogens with one attached hydrogen (secondary N) is 1. The summed E-state index contributed by atoms with van der Waals surface area (Å²) in [6.45, 7) is 7.72. The lowest BCUT2D eigenvalue weighted by Crippen LogP contribution is -2.50. The van der Waals surface area contributed by atoms with Crippen LogP contribution in [-0.2, 0) is 9.59 Å². The van der Waals surface area contributed by atoms with Crippen molar-refractivity contribution in [3.63, 3.8) is 0 Å². The Kier molecular flexibility index (Phi) is 6.58. The molecular weight excluding hydrogens is 344 g/mol. The van der Waals surface area contributed by atoms with Crippen molar-refractivity contribution in [1.82, 2.24) is 10.2 Å². The Morgan fingerprint density at radius 3 is 2.58 bits per heavy atom. The molecule has 1 aliphatic heterocycles. The van der Waals surface area contributed by atoms with Crippen molar-refractivity contribution in [2.45, 2.75) is 51.6 Å². The van der Waals surface area contributed by atoms with Gasteiger partial charge in [0, 0.05) is 28.3 Å². The van der Waals surface area contributed by atoms with E-state index in [-0.39, 0.29) is 29.1 Å². The molecule has 0 saturated carbocycles. The van der Waals surface area contributed by atoms with Crippen molar-refractivity contribution in [2.75, 3.05) is 5.75 Å². The van der Waals surface area contributed by atoms with Gasteiger partial charge in [0.15, 0.2) is 0 Å². The number of nitrogens with zero attached hydrogens (tertiary/aromatic N) is 1. The van der Waals surface area contributed by atoms with Gasteiger partial charge in [0.2, 0.25) is 11.8 Å². The fourth-order valence-corrected chi connectivity index (χ4v) is 4.41. The Balaban J connectivity index is 2.31. The molecule has 1 heterocycles. The van der Waals surface area contributed by atoms with E-state index in [9.17, 15) is 9.59 Å². The molecule has 2 amide bonds. The van der Waals surface area contributed by atoms with E-state index in [1.807, 2.05) is 52.0 Å². The average molecular weight is 369 g/mol. The minimum atomic E-state index is -0.458. The number of rotatable bonds is 5. The quantitative estimate of drug-likeness (QED) is 0.858. The molecule has 1 saturated heterocycles. The first-order chi connectivity index (χ1) is 11.4. The lowest BCUT2D eigenvalue weighted by Gasteiger charge is -2.31. The van der Waals surface area contributed by atoms with Crippen molar-refractivity contribution >= 4 is 35.2 Å². The molecule has 2 rings (SSSR count). The van der Waals surface area contributed by atoms with E-state index in [1.54, 1.807) is 16.7 Å². The minimum Gasteiger partial charge on any atom is -0.352 e. The van der Waals surface area contributed by atoms with Crippen LogP contribution in [0.3, 0.4) is 0 Å². The standard InChI is InChI=1S/C18H25ClN2O2S/c1-5-12(4)20-16(22)15-10-24-18(21(15)17(23)11(2)3)13-8-6-7-9-14(13)19/h6-9,11-12,15,18H,5,10H2,1-4H3,(H,20,22)/t12-,15-,18+/m0/s1. The maximum absolute atomic E-state index is 12.8. The van der Waals surface area contributed by atoms with E-state index in [1.165, 1.54) is 0 Å². The van der Waals surface area contributed by atoms with Crippen molar-refractivity contribution < 1.29 is 9.59 Å². The molecule has 0 aromatic heterocycles. The van der Waals surface area contributed by atoms with Gasteiger partial charge in [-0.3, -0.25) is 9.59 Å². The van der Waals surface area contributed by atoms with Gasteiger partial charge in [-0.1, -0.05) is 50.6 Å². The molecule has 1 aromatic carbocycles. The highest BCUT2D eigenvalue weighted by atomic mass is 35.5. The molecule has 3 atom stereocenters. The minimum absolute atomic E-state index is 0.0192. The van der Waals surface area contributed by atoms with Gasteiger partial charge >= 0.3 is 0 Å². The monoisotopic (exact) mass is 368 g/mol. The van der Waals surface area contributed by atoms with E-state index in [0.717, 1.165) is 12.0 Å². The van der Waals surface area contributed by atoms with Crippen molar-refractivity contribution in [2.24, 2.45) is 5.92 Å². The molecule has 1 fully saturated rings. The van der Waals surface area contributed by atoms with Gasteiger partial charge in [-0.05, 0) is 19.4 Å². The molecule has 0 unspecified atom stereocenters. The van der Waals surface area contributed by atoms with Crippen LogP contribution in [0.25, 0.3) is 0 Å². The molecule has 1 N–H and O–H groups in total. The second-order valence-corrected chi connectivity index (χ2v) is 7.96. The van der Waals surface area contributed by atoms with Gasteiger partial charge < -0.3 is 10.2 Å². The number of benzene rings is 1. The number of amides is 2. The van der Waals surface area contributed by atoms with Crippen molar-refractivity contribution in [3.8, 4) is 0 Å². The van der Waals surface area contributed by atoms with Gasteiger partial charge in [0.25, 0.3) is 0 Å². The predicted molar refractivity (Wildman–Crippen MR) is 100 cm³/mol. The molecule has 0 aliphatic carbocycles. The van der Waals surface area contributed by atoms with Crippen LogP contribution < -0.4 is 5.32 Å². The van der Waals surface area contributed by atoms with Crippen LogP contribution in [0.1, 0.15) is 45.1 Å². The Hall–Kier alpha value is -1.20.